The number of piperidine rings is 1. The van der Waals surface area contributed by atoms with Gasteiger partial charge in [-0.05, 0) is 69.9 Å². The lowest BCUT2D eigenvalue weighted by Crippen LogP contribution is -2.43. The van der Waals surface area contributed by atoms with Gasteiger partial charge in [0.05, 0.1) is 7.11 Å². The minimum absolute atomic E-state index is 0.291. The highest BCUT2D eigenvalue weighted by molar-refractivity contribution is 5.43. The van der Waals surface area contributed by atoms with E-state index >= 15 is 0 Å². The third-order valence-corrected chi connectivity index (χ3v) is 4.98. The van der Waals surface area contributed by atoms with Crippen molar-refractivity contribution in [1.29, 1.82) is 0 Å². The second-order valence-corrected chi connectivity index (χ2v) is 6.83. The van der Waals surface area contributed by atoms with Crippen LogP contribution in [0.3, 0.4) is 0 Å². The number of methoxy groups -OCH3 is 1. The lowest BCUT2D eigenvalue weighted by atomic mass is 10.0. The van der Waals surface area contributed by atoms with Gasteiger partial charge in [0.15, 0.2) is 0 Å². The third kappa shape index (κ3) is 4.93. The van der Waals surface area contributed by atoms with Crippen molar-refractivity contribution in [2.45, 2.75) is 45.7 Å². The van der Waals surface area contributed by atoms with Crippen molar-refractivity contribution in [2.24, 2.45) is 0 Å². The average molecular weight is 320 g/mol. The normalized spacial score (nSPS) is 17.0. The summed E-state index contributed by atoms with van der Waals surface area (Å²) in [5.74, 6) is 1.01. The zero-order valence-corrected chi connectivity index (χ0v) is 15.1. The van der Waals surface area contributed by atoms with Crippen LogP contribution in [0.1, 0.15) is 36.0 Å². The molecule has 0 unspecified atom stereocenters. The standard InChI is InChI=1S/C19H32N2O2/c1-15-12-17(13-16(2)19(15)23-4)14-21-9-6-18(7-10-21)20(3)8-5-11-22/h12-13,18,22H,5-11,14H2,1-4H3. The van der Waals surface area contributed by atoms with Crippen molar-refractivity contribution >= 4 is 0 Å². The van der Waals surface area contributed by atoms with Gasteiger partial charge in [-0.25, -0.2) is 0 Å². The van der Waals surface area contributed by atoms with Crippen LogP contribution in [0.2, 0.25) is 0 Å². The Kier molecular flexibility index (Phi) is 6.88. The lowest BCUT2D eigenvalue weighted by Gasteiger charge is -2.36. The molecule has 1 aliphatic rings. The summed E-state index contributed by atoms with van der Waals surface area (Å²) in [5.41, 5.74) is 3.83. The van der Waals surface area contributed by atoms with Crippen LogP contribution in [-0.4, -0.2) is 61.3 Å². The molecule has 0 radical (unpaired) electrons. The highest BCUT2D eigenvalue weighted by atomic mass is 16.5. The summed E-state index contributed by atoms with van der Waals surface area (Å²) in [6, 6.07) is 5.17. The third-order valence-electron chi connectivity index (χ3n) is 4.98. The molecule has 0 amide bonds. The molecule has 0 saturated carbocycles. The summed E-state index contributed by atoms with van der Waals surface area (Å²) in [5, 5.41) is 8.96. The Labute approximate surface area is 141 Å². The van der Waals surface area contributed by atoms with Crippen LogP contribution in [-0.2, 0) is 6.54 Å². The van der Waals surface area contributed by atoms with E-state index in [2.05, 4.69) is 42.8 Å². The molecule has 1 aromatic rings. The van der Waals surface area contributed by atoms with Gasteiger partial charge in [0.2, 0.25) is 0 Å². The number of aliphatic hydroxyl groups excluding tert-OH is 1. The van der Waals surface area contributed by atoms with Crippen LogP contribution < -0.4 is 4.74 Å². The maximum absolute atomic E-state index is 8.96. The molecule has 130 valence electrons. The van der Waals surface area contributed by atoms with Crippen molar-refractivity contribution in [3.63, 3.8) is 0 Å². The van der Waals surface area contributed by atoms with Gasteiger partial charge in [-0.1, -0.05) is 12.1 Å². The highest BCUT2D eigenvalue weighted by Gasteiger charge is 2.22. The fourth-order valence-electron chi connectivity index (χ4n) is 3.73. The number of benzene rings is 1. The number of hydrogen-bond acceptors (Lipinski definition) is 4. The molecule has 1 aromatic carbocycles. The number of rotatable bonds is 7. The molecule has 1 saturated heterocycles. The van der Waals surface area contributed by atoms with Gasteiger partial charge in [0, 0.05) is 25.7 Å². The summed E-state index contributed by atoms with van der Waals surface area (Å²) in [7, 11) is 3.93. The molecule has 1 N–H and O–H groups in total. The van der Waals surface area contributed by atoms with Crippen molar-refractivity contribution in [3.8, 4) is 5.75 Å². The molecule has 4 heteroatoms. The van der Waals surface area contributed by atoms with Crippen LogP contribution in [0.4, 0.5) is 0 Å². The molecule has 1 aliphatic heterocycles. The Morgan fingerprint density at radius 3 is 2.35 bits per heavy atom. The first-order valence-corrected chi connectivity index (χ1v) is 8.72. The van der Waals surface area contributed by atoms with E-state index in [0.717, 1.165) is 38.3 Å². The van der Waals surface area contributed by atoms with E-state index in [4.69, 9.17) is 9.84 Å². The molecule has 0 aliphatic carbocycles. The summed E-state index contributed by atoms with van der Waals surface area (Å²) in [6.45, 7) is 8.86. The maximum Gasteiger partial charge on any atom is 0.124 e. The van der Waals surface area contributed by atoms with Crippen LogP contribution >= 0.6 is 0 Å². The first-order chi connectivity index (χ1) is 11.0. The monoisotopic (exact) mass is 320 g/mol. The van der Waals surface area contributed by atoms with Gasteiger partial charge < -0.3 is 14.7 Å². The van der Waals surface area contributed by atoms with Gasteiger partial charge in [0.1, 0.15) is 5.75 Å². The molecule has 0 atom stereocenters. The molecule has 1 heterocycles. The largest absolute Gasteiger partial charge is 0.496 e. The number of ether oxygens (including phenoxy) is 1. The molecular formula is C19H32N2O2. The second kappa shape index (κ2) is 8.67. The zero-order chi connectivity index (χ0) is 16.8. The Bertz CT molecular complexity index is 473. The summed E-state index contributed by atoms with van der Waals surface area (Å²) in [4.78, 5) is 4.96. The first kappa shape index (κ1) is 18.2. The highest BCUT2D eigenvalue weighted by Crippen LogP contribution is 2.26. The van der Waals surface area contributed by atoms with E-state index in [1.807, 2.05) is 0 Å². The molecule has 4 nitrogen and oxygen atoms in total. The summed E-state index contributed by atoms with van der Waals surface area (Å²) >= 11 is 0. The predicted molar refractivity (Wildman–Crippen MR) is 95.1 cm³/mol. The van der Waals surface area contributed by atoms with Crippen molar-refractivity contribution < 1.29 is 9.84 Å². The maximum atomic E-state index is 8.96. The topological polar surface area (TPSA) is 35.9 Å². The SMILES string of the molecule is COc1c(C)cc(CN2CCC(N(C)CCCO)CC2)cc1C. The molecular weight excluding hydrogens is 288 g/mol. The molecule has 0 bridgehead atoms. The Morgan fingerprint density at radius 1 is 1.22 bits per heavy atom. The first-order valence-electron chi connectivity index (χ1n) is 8.72. The van der Waals surface area contributed by atoms with Crippen molar-refractivity contribution in [3.05, 3.63) is 28.8 Å². The van der Waals surface area contributed by atoms with Crippen molar-refractivity contribution in [2.75, 3.05) is 40.4 Å². The smallest absolute Gasteiger partial charge is 0.124 e. The lowest BCUT2D eigenvalue weighted by molar-refractivity contribution is 0.117. The molecule has 0 spiro atoms. The Morgan fingerprint density at radius 2 is 1.83 bits per heavy atom. The minimum Gasteiger partial charge on any atom is -0.496 e. The van der Waals surface area contributed by atoms with E-state index in [9.17, 15) is 0 Å². The summed E-state index contributed by atoms with van der Waals surface area (Å²) in [6.07, 6.45) is 3.31. The molecule has 1 fully saturated rings. The quantitative estimate of drug-likeness (QED) is 0.838. The fraction of sp³-hybridized carbons (Fsp3) is 0.684. The number of aryl methyl sites for hydroxylation is 2. The summed E-state index contributed by atoms with van der Waals surface area (Å²) < 4.78 is 5.46. The minimum atomic E-state index is 0.291. The van der Waals surface area contributed by atoms with Gasteiger partial charge in [0.25, 0.3) is 0 Å². The predicted octanol–water partition coefficient (Wildman–Crippen LogP) is 2.59. The zero-order valence-electron chi connectivity index (χ0n) is 15.1. The Hall–Kier alpha value is -1.10. The number of likely N-dealkylation sites (tertiary alicyclic amines) is 1. The van der Waals surface area contributed by atoms with Crippen LogP contribution in [0, 0.1) is 13.8 Å². The van der Waals surface area contributed by atoms with E-state index in [1.165, 1.54) is 29.5 Å². The van der Waals surface area contributed by atoms with E-state index in [-0.39, 0.29) is 0 Å². The molecule has 23 heavy (non-hydrogen) atoms. The number of nitrogens with zero attached hydrogens (tertiary/aromatic N) is 2. The second-order valence-electron chi connectivity index (χ2n) is 6.83. The van der Waals surface area contributed by atoms with Crippen LogP contribution in [0.25, 0.3) is 0 Å². The average Bonchev–Trinajstić information content (AvgIpc) is 2.53. The van der Waals surface area contributed by atoms with Gasteiger partial charge in [-0.15, -0.1) is 0 Å². The van der Waals surface area contributed by atoms with Crippen LogP contribution in [0.5, 0.6) is 5.75 Å². The number of aliphatic hydroxyl groups is 1. The van der Waals surface area contributed by atoms with Crippen molar-refractivity contribution in [1.82, 2.24) is 9.80 Å². The van der Waals surface area contributed by atoms with Gasteiger partial charge in [-0.3, -0.25) is 4.90 Å². The van der Waals surface area contributed by atoms with Gasteiger partial charge >= 0.3 is 0 Å². The van der Waals surface area contributed by atoms with Crippen LogP contribution in [0.15, 0.2) is 12.1 Å². The van der Waals surface area contributed by atoms with E-state index in [0.29, 0.717) is 12.6 Å². The van der Waals surface area contributed by atoms with E-state index in [1.54, 1.807) is 7.11 Å². The molecule has 0 aromatic heterocycles. The molecule has 2 rings (SSSR count). The number of hydrogen-bond donors (Lipinski definition) is 1. The fourth-order valence-corrected chi connectivity index (χ4v) is 3.73. The van der Waals surface area contributed by atoms with Gasteiger partial charge in [-0.2, -0.15) is 0 Å². The van der Waals surface area contributed by atoms with E-state index < -0.39 is 0 Å². The Balaban J connectivity index is 1.87.